The molecule has 0 aliphatic heterocycles. The first-order chi connectivity index (χ1) is 8.06. The number of hydrogen-bond donors (Lipinski definition) is 2. The summed E-state index contributed by atoms with van der Waals surface area (Å²) in [6.45, 7) is 0.164. The maximum Gasteiger partial charge on any atom is 0.332 e. The van der Waals surface area contributed by atoms with Gasteiger partial charge in [0.1, 0.15) is 0 Å². The van der Waals surface area contributed by atoms with Gasteiger partial charge in [0, 0.05) is 5.02 Å². The van der Waals surface area contributed by atoms with Crippen LogP contribution in [0.2, 0.25) is 5.02 Å². The molecule has 0 bridgehead atoms. The fourth-order valence-corrected chi connectivity index (χ4v) is 1.67. The Morgan fingerprint density at radius 2 is 1.65 bits per heavy atom. The molecule has 7 heteroatoms. The molecule has 0 aliphatic carbocycles. The van der Waals surface area contributed by atoms with Crippen LogP contribution >= 0.6 is 23.8 Å². The molecule has 0 fully saturated rings. The Labute approximate surface area is 106 Å². The lowest BCUT2D eigenvalue weighted by Gasteiger charge is -2.03. The SMILES string of the molecule is O=c1[nH]c(=S)[nH]c(=O)n1Cc1ccc(Cl)cc1. The molecule has 0 aliphatic rings. The summed E-state index contributed by atoms with van der Waals surface area (Å²) in [5, 5.41) is 0.600. The molecule has 2 rings (SSSR count). The van der Waals surface area contributed by atoms with E-state index < -0.39 is 11.4 Å². The van der Waals surface area contributed by atoms with Gasteiger partial charge in [0.2, 0.25) is 0 Å². The molecule has 0 spiro atoms. The Kier molecular flexibility index (Phi) is 3.26. The number of aromatic nitrogens is 3. The van der Waals surface area contributed by atoms with Gasteiger partial charge < -0.3 is 0 Å². The molecule has 5 nitrogen and oxygen atoms in total. The zero-order chi connectivity index (χ0) is 12.4. The molecule has 0 radical (unpaired) electrons. The van der Waals surface area contributed by atoms with Crippen molar-refractivity contribution >= 4 is 23.8 Å². The first-order valence-corrected chi connectivity index (χ1v) is 5.53. The number of nitrogens with zero attached hydrogens (tertiary/aromatic N) is 1. The Morgan fingerprint density at radius 3 is 2.18 bits per heavy atom. The van der Waals surface area contributed by atoms with Crippen molar-refractivity contribution in [2.45, 2.75) is 6.54 Å². The molecule has 0 unspecified atom stereocenters. The van der Waals surface area contributed by atoms with E-state index in [0.29, 0.717) is 5.02 Å². The van der Waals surface area contributed by atoms with Crippen LogP contribution in [0.1, 0.15) is 5.56 Å². The Hall–Kier alpha value is -1.66. The molecule has 2 N–H and O–H groups in total. The van der Waals surface area contributed by atoms with E-state index in [1.807, 2.05) is 0 Å². The second-order valence-electron chi connectivity index (χ2n) is 3.40. The zero-order valence-corrected chi connectivity index (χ0v) is 10.1. The smallest absolute Gasteiger partial charge is 0.284 e. The fraction of sp³-hybridized carbons (Fsp3) is 0.100. The Balaban J connectivity index is 2.43. The van der Waals surface area contributed by atoms with Crippen molar-refractivity contribution in [3.05, 3.63) is 60.6 Å². The second-order valence-corrected chi connectivity index (χ2v) is 4.25. The fourth-order valence-electron chi connectivity index (χ4n) is 1.37. The maximum absolute atomic E-state index is 11.5. The van der Waals surface area contributed by atoms with Crippen molar-refractivity contribution in [2.75, 3.05) is 0 Å². The number of aromatic amines is 2. The van der Waals surface area contributed by atoms with E-state index in [1.165, 1.54) is 0 Å². The van der Waals surface area contributed by atoms with Gasteiger partial charge in [-0.2, -0.15) is 0 Å². The van der Waals surface area contributed by atoms with Crippen molar-refractivity contribution in [1.29, 1.82) is 0 Å². The van der Waals surface area contributed by atoms with E-state index in [-0.39, 0.29) is 11.3 Å². The Bertz CT molecular complexity index is 665. The van der Waals surface area contributed by atoms with Crippen molar-refractivity contribution in [3.8, 4) is 0 Å². The average Bonchev–Trinajstić information content (AvgIpc) is 2.26. The van der Waals surface area contributed by atoms with Gasteiger partial charge in [0.25, 0.3) is 0 Å². The number of hydrogen-bond acceptors (Lipinski definition) is 3. The largest absolute Gasteiger partial charge is 0.332 e. The van der Waals surface area contributed by atoms with Crippen LogP contribution in [0.5, 0.6) is 0 Å². The summed E-state index contributed by atoms with van der Waals surface area (Å²) in [5.74, 6) is 0. The number of benzene rings is 1. The van der Waals surface area contributed by atoms with Crippen molar-refractivity contribution in [2.24, 2.45) is 0 Å². The summed E-state index contributed by atoms with van der Waals surface area (Å²) < 4.78 is 1.05. The minimum Gasteiger partial charge on any atom is -0.284 e. The monoisotopic (exact) mass is 269 g/mol. The standard InChI is InChI=1S/C10H8ClN3O2S/c11-7-3-1-6(2-4-7)5-14-9(15)12-8(17)13-10(14)16/h1-4H,5H2,(H2,12,13,15,16,17). The average molecular weight is 270 g/mol. The molecule has 17 heavy (non-hydrogen) atoms. The quantitative estimate of drug-likeness (QED) is 0.807. The highest BCUT2D eigenvalue weighted by atomic mass is 35.5. The van der Waals surface area contributed by atoms with E-state index >= 15 is 0 Å². The number of H-pyrrole nitrogens is 2. The minimum absolute atomic E-state index is 0.0207. The summed E-state index contributed by atoms with van der Waals surface area (Å²) in [6, 6.07) is 6.88. The minimum atomic E-state index is -0.534. The summed E-state index contributed by atoms with van der Waals surface area (Å²) in [7, 11) is 0. The van der Waals surface area contributed by atoms with Crippen LogP contribution in [0.3, 0.4) is 0 Å². The molecule has 2 aromatic rings. The van der Waals surface area contributed by atoms with Crippen molar-refractivity contribution in [3.63, 3.8) is 0 Å². The maximum atomic E-state index is 11.5. The van der Waals surface area contributed by atoms with Crippen LogP contribution in [-0.4, -0.2) is 14.5 Å². The van der Waals surface area contributed by atoms with E-state index in [9.17, 15) is 9.59 Å². The highest BCUT2D eigenvalue weighted by Gasteiger charge is 2.02. The van der Waals surface area contributed by atoms with Gasteiger partial charge in [0.05, 0.1) is 6.54 Å². The van der Waals surface area contributed by atoms with Crippen LogP contribution in [0.25, 0.3) is 0 Å². The third kappa shape index (κ3) is 2.72. The van der Waals surface area contributed by atoms with E-state index in [0.717, 1.165) is 10.1 Å². The third-order valence-corrected chi connectivity index (χ3v) is 2.64. The molecule has 0 amide bonds. The highest BCUT2D eigenvalue weighted by Crippen LogP contribution is 2.09. The van der Waals surface area contributed by atoms with Crippen LogP contribution in [0.15, 0.2) is 33.9 Å². The first-order valence-electron chi connectivity index (χ1n) is 4.74. The Morgan fingerprint density at radius 1 is 1.12 bits per heavy atom. The van der Waals surface area contributed by atoms with Crippen molar-refractivity contribution in [1.82, 2.24) is 14.5 Å². The number of nitrogens with one attached hydrogen (secondary N) is 2. The van der Waals surface area contributed by atoms with Gasteiger partial charge in [-0.1, -0.05) is 23.7 Å². The lowest BCUT2D eigenvalue weighted by atomic mass is 10.2. The number of rotatable bonds is 2. The lowest BCUT2D eigenvalue weighted by molar-refractivity contribution is 0.660. The van der Waals surface area contributed by atoms with E-state index in [4.69, 9.17) is 11.6 Å². The summed E-state index contributed by atoms with van der Waals surface area (Å²) in [6.07, 6.45) is 0. The van der Waals surface area contributed by atoms with Crippen LogP contribution < -0.4 is 11.4 Å². The van der Waals surface area contributed by atoms with Gasteiger partial charge in [-0.3, -0.25) is 9.97 Å². The van der Waals surface area contributed by atoms with Gasteiger partial charge in [-0.25, -0.2) is 14.2 Å². The molecule has 1 heterocycles. The molecule has 1 aromatic heterocycles. The van der Waals surface area contributed by atoms with E-state index in [2.05, 4.69) is 22.2 Å². The molecular weight excluding hydrogens is 262 g/mol. The van der Waals surface area contributed by atoms with Gasteiger partial charge >= 0.3 is 11.4 Å². The second kappa shape index (κ2) is 4.68. The number of halogens is 1. The van der Waals surface area contributed by atoms with Crippen LogP contribution in [-0.2, 0) is 6.54 Å². The molecule has 0 atom stereocenters. The van der Waals surface area contributed by atoms with Crippen LogP contribution in [0.4, 0.5) is 0 Å². The highest BCUT2D eigenvalue weighted by molar-refractivity contribution is 7.71. The predicted molar refractivity (Wildman–Crippen MR) is 67.1 cm³/mol. The molecule has 1 aromatic carbocycles. The van der Waals surface area contributed by atoms with Gasteiger partial charge in [-0.05, 0) is 29.9 Å². The summed E-state index contributed by atoms with van der Waals surface area (Å²) >= 11 is 10.4. The molecule has 0 saturated heterocycles. The summed E-state index contributed by atoms with van der Waals surface area (Å²) in [4.78, 5) is 27.8. The van der Waals surface area contributed by atoms with Gasteiger partial charge in [-0.15, -0.1) is 0 Å². The van der Waals surface area contributed by atoms with Crippen LogP contribution in [0, 0.1) is 4.77 Å². The van der Waals surface area contributed by atoms with Gasteiger partial charge in [0.15, 0.2) is 4.77 Å². The molecular formula is C10H8ClN3O2S. The lowest BCUT2D eigenvalue weighted by Crippen LogP contribution is -2.37. The topological polar surface area (TPSA) is 70.7 Å². The van der Waals surface area contributed by atoms with E-state index in [1.54, 1.807) is 24.3 Å². The van der Waals surface area contributed by atoms with Crippen molar-refractivity contribution < 1.29 is 0 Å². The first kappa shape index (κ1) is 11.8. The molecule has 0 saturated carbocycles. The predicted octanol–water partition coefficient (Wildman–Crippen LogP) is 1.30. The molecule has 88 valence electrons. The normalized spacial score (nSPS) is 10.4. The zero-order valence-electron chi connectivity index (χ0n) is 8.57. The third-order valence-electron chi connectivity index (χ3n) is 2.19. The summed E-state index contributed by atoms with van der Waals surface area (Å²) in [5.41, 5.74) is -0.269.